The van der Waals surface area contributed by atoms with E-state index in [9.17, 15) is 14.4 Å². The number of carbonyl (C=O) groups is 3. The number of aliphatic carboxylic acids is 1. The first-order valence-electron chi connectivity index (χ1n) is 13.5. The number of hydrogen-bond acceptors (Lipinski definition) is 4. The van der Waals surface area contributed by atoms with E-state index in [-0.39, 0.29) is 23.7 Å². The molecule has 0 saturated carbocycles. The quantitative estimate of drug-likeness (QED) is 0.170. The Morgan fingerprint density at radius 2 is 1.03 bits per heavy atom. The number of hydrogen-bond donors (Lipinski definition) is 1. The molecule has 0 aromatic heterocycles. The third-order valence-corrected chi connectivity index (χ3v) is 6.10. The van der Waals surface area contributed by atoms with Crippen LogP contribution in [0.25, 0.3) is 0 Å². The maximum atomic E-state index is 11.4. The summed E-state index contributed by atoms with van der Waals surface area (Å²) in [5, 5.41) is 8.18. The van der Waals surface area contributed by atoms with Gasteiger partial charge in [-0.2, -0.15) is 0 Å². The summed E-state index contributed by atoms with van der Waals surface area (Å²) in [5.74, 6) is -0.299. The number of rotatable bonds is 17. The summed E-state index contributed by atoms with van der Waals surface area (Å²) >= 11 is 0. The molecule has 0 aliphatic carbocycles. The van der Waals surface area contributed by atoms with Crippen molar-refractivity contribution in [3.63, 3.8) is 0 Å². The number of carbonyl (C=O) groups excluding carboxylic acids is 2. The largest absolute Gasteiger partial charge is 0.481 e. The van der Waals surface area contributed by atoms with Crippen molar-refractivity contribution in [3.05, 3.63) is 0 Å². The second-order valence-electron chi connectivity index (χ2n) is 9.23. The first-order valence-corrected chi connectivity index (χ1v) is 13.5. The van der Waals surface area contributed by atoms with Crippen LogP contribution in [0.2, 0.25) is 0 Å². The summed E-state index contributed by atoms with van der Waals surface area (Å²) in [7, 11) is 0. The number of carboxylic acids is 1. The molecule has 0 heterocycles. The zero-order chi connectivity index (χ0) is 26.1. The topological polar surface area (TPSA) is 80.7 Å². The van der Waals surface area contributed by atoms with E-state index in [2.05, 4.69) is 6.92 Å². The Morgan fingerprint density at radius 3 is 1.30 bits per heavy atom. The molecular weight excluding hydrogens is 416 g/mol. The van der Waals surface area contributed by atoms with Crippen LogP contribution in [-0.4, -0.2) is 29.4 Å². The van der Waals surface area contributed by atoms with Crippen LogP contribution >= 0.6 is 0 Å². The smallest absolute Gasteiger partial charge is 0.308 e. The number of Topliss-reactive ketones (excluding diaryl/α,β-unsaturated/α-hetero) is 1. The Labute approximate surface area is 205 Å². The van der Waals surface area contributed by atoms with Crippen molar-refractivity contribution in [1.29, 1.82) is 0 Å². The van der Waals surface area contributed by atoms with Gasteiger partial charge in [-0.25, -0.2) is 0 Å². The van der Waals surface area contributed by atoms with Gasteiger partial charge < -0.3 is 9.84 Å². The van der Waals surface area contributed by atoms with Crippen LogP contribution in [0.4, 0.5) is 0 Å². The number of esters is 1. The van der Waals surface area contributed by atoms with Crippen molar-refractivity contribution in [2.45, 2.75) is 139 Å². The van der Waals surface area contributed by atoms with Gasteiger partial charge in [0.05, 0.1) is 18.4 Å². The van der Waals surface area contributed by atoms with Crippen LogP contribution in [0, 0.1) is 17.8 Å². The SMILES string of the molecule is CCC(C)C(=O)O.CCC(C)C(C)=O.CCCCCCCCCCCCOC(=O)C(C)CC. The van der Waals surface area contributed by atoms with E-state index in [4.69, 9.17) is 9.84 Å². The molecule has 5 heteroatoms. The predicted molar refractivity (Wildman–Crippen MR) is 139 cm³/mol. The Bertz CT molecular complexity index is 441. The van der Waals surface area contributed by atoms with Gasteiger partial charge >= 0.3 is 11.9 Å². The molecule has 0 fully saturated rings. The third-order valence-electron chi connectivity index (χ3n) is 6.10. The Balaban J connectivity index is -0.000000524. The highest BCUT2D eigenvalue weighted by Gasteiger charge is 2.10. The highest BCUT2D eigenvalue weighted by molar-refractivity contribution is 5.77. The van der Waals surface area contributed by atoms with E-state index in [1.54, 1.807) is 13.8 Å². The van der Waals surface area contributed by atoms with Crippen LogP contribution < -0.4 is 0 Å². The predicted octanol–water partition coefficient (Wildman–Crippen LogP) is 8.24. The summed E-state index contributed by atoms with van der Waals surface area (Å²) in [6.45, 7) is 16.0. The molecule has 0 bridgehead atoms. The standard InChI is InChI=1S/C17H34O2.C6H12O.C5H10O2/c1-4-6-7-8-9-10-11-12-13-14-15-19-17(18)16(3)5-2;1-4-5(2)6(3)7;1-3-4(2)5(6)7/h16H,4-15H2,1-3H3;5H,4H2,1-3H3;4H,3H2,1-2H3,(H,6,7). The van der Waals surface area contributed by atoms with Gasteiger partial charge in [-0.1, -0.05) is 106 Å². The van der Waals surface area contributed by atoms with Gasteiger partial charge in [0.1, 0.15) is 5.78 Å². The summed E-state index contributed by atoms with van der Waals surface area (Å²) in [4.78, 5) is 31.7. The fourth-order valence-electron chi connectivity index (χ4n) is 2.53. The molecule has 198 valence electrons. The van der Waals surface area contributed by atoms with E-state index >= 15 is 0 Å². The van der Waals surface area contributed by atoms with Crippen LogP contribution in [-0.2, 0) is 19.1 Å². The molecule has 1 N–H and O–H groups in total. The lowest BCUT2D eigenvalue weighted by molar-refractivity contribution is -0.148. The van der Waals surface area contributed by atoms with E-state index in [0.29, 0.717) is 12.4 Å². The van der Waals surface area contributed by atoms with Crippen LogP contribution in [0.5, 0.6) is 0 Å². The zero-order valence-electron chi connectivity index (χ0n) is 23.2. The highest BCUT2D eigenvalue weighted by Crippen LogP contribution is 2.11. The first kappa shape index (κ1) is 36.2. The molecule has 0 radical (unpaired) electrons. The molecule has 5 nitrogen and oxygen atoms in total. The maximum absolute atomic E-state index is 11.4. The number of carboxylic acid groups (broad SMARTS) is 1. The average Bonchev–Trinajstić information content (AvgIpc) is 2.81. The van der Waals surface area contributed by atoms with Gasteiger partial charge in [0.25, 0.3) is 0 Å². The maximum Gasteiger partial charge on any atom is 0.308 e. The number of ketones is 1. The molecule has 0 aliphatic heterocycles. The van der Waals surface area contributed by atoms with Crippen molar-refractivity contribution < 1.29 is 24.2 Å². The molecule has 0 saturated heterocycles. The zero-order valence-corrected chi connectivity index (χ0v) is 23.2. The van der Waals surface area contributed by atoms with Gasteiger partial charge in [0.2, 0.25) is 0 Å². The molecule has 3 atom stereocenters. The molecule has 0 aromatic rings. The minimum absolute atomic E-state index is 0.0292. The highest BCUT2D eigenvalue weighted by atomic mass is 16.5. The van der Waals surface area contributed by atoms with E-state index in [0.717, 1.165) is 25.7 Å². The van der Waals surface area contributed by atoms with Crippen LogP contribution in [0.3, 0.4) is 0 Å². The van der Waals surface area contributed by atoms with E-state index in [1.807, 2.05) is 34.6 Å². The van der Waals surface area contributed by atoms with Gasteiger partial charge in [0, 0.05) is 5.92 Å². The molecule has 0 rings (SSSR count). The van der Waals surface area contributed by atoms with Crippen molar-refractivity contribution in [1.82, 2.24) is 0 Å². The van der Waals surface area contributed by atoms with Gasteiger partial charge in [-0.3, -0.25) is 14.4 Å². The molecular formula is C28H56O5. The first-order chi connectivity index (χ1) is 15.6. The molecule has 0 aliphatic rings. The van der Waals surface area contributed by atoms with Crippen LogP contribution in [0.15, 0.2) is 0 Å². The van der Waals surface area contributed by atoms with Crippen molar-refractivity contribution in [2.24, 2.45) is 17.8 Å². The molecule has 33 heavy (non-hydrogen) atoms. The molecule has 3 unspecified atom stereocenters. The molecule has 0 amide bonds. The normalized spacial score (nSPS) is 12.8. The summed E-state index contributed by atoms with van der Waals surface area (Å²) in [6, 6.07) is 0. The lowest BCUT2D eigenvalue weighted by Crippen LogP contribution is -2.14. The van der Waals surface area contributed by atoms with E-state index < -0.39 is 5.97 Å². The minimum Gasteiger partial charge on any atom is -0.481 e. The molecule has 0 spiro atoms. The number of ether oxygens (including phenoxy) is 1. The minimum atomic E-state index is -0.706. The second kappa shape index (κ2) is 26.9. The lowest BCUT2D eigenvalue weighted by Gasteiger charge is -2.08. The molecule has 0 aromatic carbocycles. The van der Waals surface area contributed by atoms with E-state index in [1.165, 1.54) is 57.8 Å². The Kier molecular flexibility index (Phi) is 29.5. The van der Waals surface area contributed by atoms with Gasteiger partial charge in [-0.15, -0.1) is 0 Å². The fraction of sp³-hybridized carbons (Fsp3) is 0.893. The second-order valence-corrected chi connectivity index (χ2v) is 9.23. The van der Waals surface area contributed by atoms with Crippen molar-refractivity contribution in [2.75, 3.05) is 6.61 Å². The van der Waals surface area contributed by atoms with Crippen LogP contribution in [0.1, 0.15) is 139 Å². The summed E-state index contributed by atoms with van der Waals surface area (Å²) < 4.78 is 5.23. The van der Waals surface area contributed by atoms with Crippen molar-refractivity contribution >= 4 is 17.7 Å². The summed E-state index contributed by atoms with van der Waals surface area (Å²) in [5.41, 5.74) is 0. The van der Waals surface area contributed by atoms with Gasteiger partial charge in [-0.05, 0) is 32.6 Å². The average molecular weight is 473 g/mol. The Morgan fingerprint density at radius 1 is 0.636 bits per heavy atom. The third kappa shape index (κ3) is 28.6. The van der Waals surface area contributed by atoms with Crippen molar-refractivity contribution in [3.8, 4) is 0 Å². The fourth-order valence-corrected chi connectivity index (χ4v) is 2.53. The lowest BCUT2D eigenvalue weighted by atomic mass is 10.1. The monoisotopic (exact) mass is 472 g/mol. The Hall–Kier alpha value is -1.39. The summed E-state index contributed by atoms with van der Waals surface area (Å²) in [6.07, 6.45) is 15.7. The van der Waals surface area contributed by atoms with Gasteiger partial charge in [0.15, 0.2) is 0 Å². The number of unbranched alkanes of at least 4 members (excludes halogenated alkanes) is 9.